The van der Waals surface area contributed by atoms with Crippen LogP contribution < -0.4 is 25.1 Å². The topological polar surface area (TPSA) is 74.6 Å². The minimum atomic E-state index is -0.196. The van der Waals surface area contributed by atoms with Crippen LogP contribution in [0.1, 0.15) is 6.92 Å². The third-order valence-corrected chi connectivity index (χ3v) is 3.18. The molecule has 0 saturated carbocycles. The Bertz CT molecular complexity index is 687. The molecular formula is C15H19N3O4. The maximum absolute atomic E-state index is 12.2. The fraction of sp³-hybridized carbons (Fsp3) is 0.333. The Labute approximate surface area is 128 Å². The second kappa shape index (κ2) is 6.84. The molecule has 22 heavy (non-hydrogen) atoms. The normalized spacial score (nSPS) is 10.2. The summed E-state index contributed by atoms with van der Waals surface area (Å²) in [7, 11) is 4.60. The molecule has 2 aromatic rings. The fourth-order valence-electron chi connectivity index (χ4n) is 2.07. The van der Waals surface area contributed by atoms with Crippen LogP contribution in [0, 0.1) is 0 Å². The van der Waals surface area contributed by atoms with E-state index in [1.807, 2.05) is 6.92 Å². The summed E-state index contributed by atoms with van der Waals surface area (Å²) in [6.07, 6.45) is 3.22. The van der Waals surface area contributed by atoms with Gasteiger partial charge in [0.05, 0.1) is 21.3 Å². The van der Waals surface area contributed by atoms with Crippen LogP contribution in [0.2, 0.25) is 0 Å². The molecule has 1 aromatic carbocycles. The molecule has 0 unspecified atom stereocenters. The van der Waals surface area contributed by atoms with Gasteiger partial charge in [-0.05, 0) is 6.92 Å². The quantitative estimate of drug-likeness (QED) is 0.880. The van der Waals surface area contributed by atoms with E-state index in [-0.39, 0.29) is 11.4 Å². The van der Waals surface area contributed by atoms with Crippen molar-refractivity contribution in [3.8, 4) is 17.2 Å². The summed E-state index contributed by atoms with van der Waals surface area (Å²) in [5, 5.41) is 2.99. The number of rotatable bonds is 6. The van der Waals surface area contributed by atoms with Gasteiger partial charge in [-0.3, -0.25) is 4.79 Å². The van der Waals surface area contributed by atoms with Crippen molar-refractivity contribution < 1.29 is 14.2 Å². The van der Waals surface area contributed by atoms with Gasteiger partial charge in [-0.25, -0.2) is 4.98 Å². The van der Waals surface area contributed by atoms with Crippen LogP contribution in [-0.4, -0.2) is 30.9 Å². The zero-order valence-corrected chi connectivity index (χ0v) is 13.0. The minimum Gasteiger partial charge on any atom is -0.493 e. The first-order valence-electron chi connectivity index (χ1n) is 6.77. The number of nitrogens with one attached hydrogen (secondary N) is 1. The molecule has 2 rings (SSSR count). The summed E-state index contributed by atoms with van der Waals surface area (Å²) in [4.78, 5) is 16.3. The molecule has 1 N–H and O–H groups in total. The lowest BCUT2D eigenvalue weighted by Gasteiger charge is -2.15. The van der Waals surface area contributed by atoms with E-state index < -0.39 is 0 Å². The standard InChI is InChI=1S/C15H19N3O4/c1-5-18-7-6-16-14(15(18)19)17-10-8-11(20-2)13(22-4)12(9-10)21-3/h6-9H,5H2,1-4H3,(H,16,17). The summed E-state index contributed by atoms with van der Waals surface area (Å²) >= 11 is 0. The molecule has 0 fully saturated rings. The molecule has 0 saturated heterocycles. The van der Waals surface area contributed by atoms with Gasteiger partial charge in [0.2, 0.25) is 5.75 Å². The Hall–Kier alpha value is -2.70. The van der Waals surface area contributed by atoms with Gasteiger partial charge in [0.1, 0.15) is 0 Å². The van der Waals surface area contributed by atoms with Gasteiger partial charge in [-0.1, -0.05) is 0 Å². The highest BCUT2D eigenvalue weighted by molar-refractivity contribution is 5.66. The van der Waals surface area contributed by atoms with E-state index >= 15 is 0 Å². The Morgan fingerprint density at radius 1 is 1.14 bits per heavy atom. The smallest absolute Gasteiger partial charge is 0.293 e. The van der Waals surface area contributed by atoms with Gasteiger partial charge < -0.3 is 24.1 Å². The van der Waals surface area contributed by atoms with Gasteiger partial charge in [-0.2, -0.15) is 0 Å². The van der Waals surface area contributed by atoms with Gasteiger partial charge >= 0.3 is 0 Å². The monoisotopic (exact) mass is 305 g/mol. The fourth-order valence-corrected chi connectivity index (χ4v) is 2.07. The summed E-state index contributed by atoms with van der Waals surface area (Å²) in [6, 6.07) is 3.43. The Morgan fingerprint density at radius 2 is 1.77 bits per heavy atom. The van der Waals surface area contributed by atoms with Crippen molar-refractivity contribution in [1.82, 2.24) is 9.55 Å². The van der Waals surface area contributed by atoms with Crippen LogP contribution in [-0.2, 0) is 6.54 Å². The molecule has 1 heterocycles. The summed E-state index contributed by atoms with van der Waals surface area (Å²) < 4.78 is 17.4. The molecule has 0 aliphatic carbocycles. The van der Waals surface area contributed by atoms with Crippen molar-refractivity contribution >= 4 is 11.5 Å². The van der Waals surface area contributed by atoms with E-state index in [1.54, 1.807) is 29.1 Å². The number of methoxy groups -OCH3 is 3. The number of hydrogen-bond donors (Lipinski definition) is 1. The molecule has 0 aliphatic rings. The summed E-state index contributed by atoms with van der Waals surface area (Å²) in [6.45, 7) is 2.47. The second-order valence-electron chi connectivity index (χ2n) is 4.41. The largest absolute Gasteiger partial charge is 0.493 e. The number of benzene rings is 1. The van der Waals surface area contributed by atoms with Gasteiger partial charge in [0.25, 0.3) is 5.56 Å². The second-order valence-corrected chi connectivity index (χ2v) is 4.41. The number of aryl methyl sites for hydroxylation is 1. The van der Waals surface area contributed by atoms with Gasteiger partial charge in [-0.15, -0.1) is 0 Å². The Kier molecular flexibility index (Phi) is 4.88. The van der Waals surface area contributed by atoms with E-state index in [9.17, 15) is 4.79 Å². The van der Waals surface area contributed by atoms with Crippen molar-refractivity contribution in [3.05, 3.63) is 34.9 Å². The molecular weight excluding hydrogens is 286 g/mol. The predicted molar refractivity (Wildman–Crippen MR) is 83.6 cm³/mol. The van der Waals surface area contributed by atoms with Crippen molar-refractivity contribution in [1.29, 1.82) is 0 Å². The van der Waals surface area contributed by atoms with Crippen LogP contribution in [0.4, 0.5) is 11.5 Å². The lowest BCUT2D eigenvalue weighted by molar-refractivity contribution is 0.324. The molecule has 0 atom stereocenters. The van der Waals surface area contributed by atoms with E-state index in [0.717, 1.165) is 0 Å². The van der Waals surface area contributed by atoms with E-state index in [0.29, 0.717) is 29.5 Å². The third kappa shape index (κ3) is 2.98. The average molecular weight is 305 g/mol. The van der Waals surface area contributed by atoms with Crippen molar-refractivity contribution in [2.75, 3.05) is 26.6 Å². The minimum absolute atomic E-state index is 0.196. The van der Waals surface area contributed by atoms with Crippen LogP contribution in [0.3, 0.4) is 0 Å². The predicted octanol–water partition coefficient (Wildman–Crippen LogP) is 2.03. The first-order chi connectivity index (χ1) is 10.6. The first-order valence-corrected chi connectivity index (χ1v) is 6.77. The molecule has 0 radical (unpaired) electrons. The number of ether oxygens (including phenoxy) is 3. The van der Waals surface area contributed by atoms with Crippen LogP contribution in [0.25, 0.3) is 0 Å². The van der Waals surface area contributed by atoms with Gasteiger partial charge in [0, 0.05) is 36.8 Å². The number of nitrogens with zero attached hydrogens (tertiary/aromatic N) is 2. The molecule has 7 heteroatoms. The highest BCUT2D eigenvalue weighted by Crippen LogP contribution is 2.40. The summed E-state index contributed by atoms with van der Waals surface area (Å²) in [5.41, 5.74) is 0.423. The van der Waals surface area contributed by atoms with Crippen LogP contribution in [0.5, 0.6) is 17.2 Å². The van der Waals surface area contributed by atoms with E-state index in [2.05, 4.69) is 10.3 Å². The Balaban J connectivity index is 2.44. The van der Waals surface area contributed by atoms with E-state index in [4.69, 9.17) is 14.2 Å². The number of hydrogen-bond acceptors (Lipinski definition) is 6. The molecule has 1 aromatic heterocycles. The highest BCUT2D eigenvalue weighted by atomic mass is 16.5. The molecule has 0 aliphatic heterocycles. The zero-order chi connectivity index (χ0) is 16.1. The van der Waals surface area contributed by atoms with Crippen LogP contribution in [0.15, 0.2) is 29.3 Å². The maximum Gasteiger partial charge on any atom is 0.293 e. The average Bonchev–Trinajstić information content (AvgIpc) is 2.55. The van der Waals surface area contributed by atoms with E-state index in [1.165, 1.54) is 21.3 Å². The maximum atomic E-state index is 12.2. The van der Waals surface area contributed by atoms with Crippen LogP contribution >= 0.6 is 0 Å². The van der Waals surface area contributed by atoms with Crippen molar-refractivity contribution in [2.24, 2.45) is 0 Å². The molecule has 7 nitrogen and oxygen atoms in total. The lowest BCUT2D eigenvalue weighted by Crippen LogP contribution is -2.22. The number of anilines is 2. The number of aromatic nitrogens is 2. The van der Waals surface area contributed by atoms with Crippen molar-refractivity contribution in [2.45, 2.75) is 13.5 Å². The molecule has 0 spiro atoms. The third-order valence-electron chi connectivity index (χ3n) is 3.18. The first kappa shape index (κ1) is 15.7. The molecule has 0 bridgehead atoms. The SMILES string of the molecule is CCn1ccnc(Nc2cc(OC)c(OC)c(OC)c2)c1=O. The molecule has 118 valence electrons. The molecule has 0 amide bonds. The van der Waals surface area contributed by atoms with Crippen molar-refractivity contribution in [3.63, 3.8) is 0 Å². The lowest BCUT2D eigenvalue weighted by atomic mass is 10.2. The van der Waals surface area contributed by atoms with Gasteiger partial charge in [0.15, 0.2) is 17.3 Å². The summed E-state index contributed by atoms with van der Waals surface area (Å²) in [5.74, 6) is 1.72. The Morgan fingerprint density at radius 3 is 2.27 bits per heavy atom. The highest BCUT2D eigenvalue weighted by Gasteiger charge is 2.14. The zero-order valence-electron chi connectivity index (χ0n) is 13.0.